The number of halogens is 1. The molecule has 0 aliphatic carbocycles. The van der Waals surface area contributed by atoms with Crippen LogP contribution in [0.25, 0.3) is 21.8 Å². The van der Waals surface area contributed by atoms with E-state index in [-0.39, 0.29) is 5.43 Å². The normalized spacial score (nSPS) is 12.9. The molecule has 0 bridgehead atoms. The van der Waals surface area contributed by atoms with Crippen molar-refractivity contribution in [3.63, 3.8) is 0 Å². The van der Waals surface area contributed by atoms with Crippen molar-refractivity contribution in [2.45, 2.75) is 19.9 Å². The van der Waals surface area contributed by atoms with Crippen molar-refractivity contribution in [1.29, 1.82) is 0 Å². The molecule has 108 valence electrons. The third-order valence-corrected chi connectivity index (χ3v) is 5.03. The highest BCUT2D eigenvalue weighted by molar-refractivity contribution is 9.09. The van der Waals surface area contributed by atoms with E-state index in [2.05, 4.69) is 27.4 Å². The average Bonchev–Trinajstić information content (AvgIpc) is 2.55. The Labute approximate surface area is 132 Å². The maximum absolute atomic E-state index is 12.6. The Balaban J connectivity index is 2.37. The number of alkyl halides is 1. The van der Waals surface area contributed by atoms with E-state index in [4.69, 9.17) is 0 Å². The zero-order chi connectivity index (χ0) is 14.8. The molecule has 3 heteroatoms. The maximum atomic E-state index is 12.6. The summed E-state index contributed by atoms with van der Waals surface area (Å²) >= 11 is 3.60. The molecule has 1 heterocycles. The van der Waals surface area contributed by atoms with Gasteiger partial charge in [0.25, 0.3) is 0 Å². The van der Waals surface area contributed by atoms with Crippen molar-refractivity contribution < 1.29 is 0 Å². The molecular weight excluding hydrogens is 326 g/mol. The third-order valence-electron chi connectivity index (χ3n) is 4.12. The van der Waals surface area contributed by atoms with E-state index in [1.165, 1.54) is 0 Å². The van der Waals surface area contributed by atoms with Crippen LogP contribution in [-0.2, 0) is 6.54 Å². The highest BCUT2D eigenvalue weighted by Crippen LogP contribution is 2.22. The number of rotatable bonds is 4. The molecule has 0 N–H and O–H groups in total. The van der Waals surface area contributed by atoms with E-state index in [0.717, 1.165) is 40.1 Å². The first-order valence-electron chi connectivity index (χ1n) is 7.32. The van der Waals surface area contributed by atoms with Gasteiger partial charge >= 0.3 is 0 Å². The summed E-state index contributed by atoms with van der Waals surface area (Å²) < 4.78 is 2.29. The fraction of sp³-hybridized carbons (Fsp3) is 0.278. The second-order valence-corrected chi connectivity index (χ2v) is 6.05. The van der Waals surface area contributed by atoms with Crippen LogP contribution in [0.2, 0.25) is 0 Å². The Morgan fingerprint density at radius 3 is 2.00 bits per heavy atom. The summed E-state index contributed by atoms with van der Waals surface area (Å²) in [5, 5.41) is 2.58. The van der Waals surface area contributed by atoms with Crippen LogP contribution in [0.15, 0.2) is 53.3 Å². The molecule has 1 aromatic heterocycles. The number of pyridine rings is 1. The van der Waals surface area contributed by atoms with Crippen molar-refractivity contribution in [2.75, 3.05) is 5.33 Å². The first-order valence-corrected chi connectivity index (χ1v) is 8.44. The first kappa shape index (κ1) is 14.3. The summed E-state index contributed by atoms with van der Waals surface area (Å²) in [6, 6.07) is 15.8. The zero-order valence-corrected chi connectivity index (χ0v) is 13.6. The molecule has 21 heavy (non-hydrogen) atoms. The van der Waals surface area contributed by atoms with Crippen LogP contribution in [0.3, 0.4) is 0 Å². The fourth-order valence-corrected chi connectivity index (χ4v) is 3.48. The molecule has 0 saturated heterocycles. The number of aromatic nitrogens is 1. The monoisotopic (exact) mass is 343 g/mol. The minimum Gasteiger partial charge on any atom is -0.340 e. The van der Waals surface area contributed by atoms with Crippen LogP contribution in [0.5, 0.6) is 0 Å². The van der Waals surface area contributed by atoms with Gasteiger partial charge in [0, 0.05) is 22.6 Å². The molecule has 0 spiro atoms. The molecule has 2 aromatic carbocycles. The summed E-state index contributed by atoms with van der Waals surface area (Å²) in [4.78, 5) is 12.6. The van der Waals surface area contributed by atoms with Crippen LogP contribution in [0, 0.1) is 5.92 Å². The maximum Gasteiger partial charge on any atom is 0.197 e. The van der Waals surface area contributed by atoms with Crippen LogP contribution < -0.4 is 5.43 Å². The van der Waals surface area contributed by atoms with Crippen LogP contribution in [0.4, 0.5) is 0 Å². The summed E-state index contributed by atoms with van der Waals surface area (Å²) in [7, 11) is 0. The number of hydrogen-bond acceptors (Lipinski definition) is 1. The lowest BCUT2D eigenvalue weighted by molar-refractivity contribution is 0.495. The average molecular weight is 344 g/mol. The molecule has 0 saturated carbocycles. The standard InChI is InChI=1S/C18H18BrNO/c1-2-13(11-19)12-20-16-9-5-3-7-14(16)18(21)15-8-4-6-10-17(15)20/h3-10,13H,2,11-12H2,1H3. The molecule has 2 nitrogen and oxygen atoms in total. The van der Waals surface area contributed by atoms with Gasteiger partial charge in [0.05, 0.1) is 11.0 Å². The highest BCUT2D eigenvalue weighted by Gasteiger charge is 2.13. The molecule has 3 rings (SSSR count). The van der Waals surface area contributed by atoms with Gasteiger partial charge in [-0.3, -0.25) is 4.79 Å². The van der Waals surface area contributed by atoms with Gasteiger partial charge in [0.1, 0.15) is 0 Å². The fourth-order valence-electron chi connectivity index (χ4n) is 2.82. The predicted octanol–water partition coefficient (Wildman–Crippen LogP) is 4.58. The smallest absolute Gasteiger partial charge is 0.197 e. The zero-order valence-electron chi connectivity index (χ0n) is 12.1. The Morgan fingerprint density at radius 2 is 1.52 bits per heavy atom. The van der Waals surface area contributed by atoms with Gasteiger partial charge in [-0.25, -0.2) is 0 Å². The summed E-state index contributed by atoms with van der Waals surface area (Å²) in [6.45, 7) is 3.13. The first-order chi connectivity index (χ1) is 10.3. The van der Waals surface area contributed by atoms with Gasteiger partial charge in [-0.15, -0.1) is 0 Å². The van der Waals surface area contributed by atoms with Gasteiger partial charge in [-0.1, -0.05) is 53.5 Å². The molecule has 1 atom stereocenters. The number of fused-ring (bicyclic) bond motifs is 2. The van der Waals surface area contributed by atoms with Gasteiger partial charge in [0.2, 0.25) is 0 Å². The van der Waals surface area contributed by atoms with Crippen molar-refractivity contribution in [1.82, 2.24) is 4.57 Å². The SMILES string of the molecule is CCC(CBr)Cn1c2ccccc2c(=O)c2ccccc21. The second-order valence-electron chi connectivity index (χ2n) is 5.40. The van der Waals surface area contributed by atoms with Gasteiger partial charge < -0.3 is 4.57 Å². The Hall–Kier alpha value is -1.61. The van der Waals surface area contributed by atoms with Crippen molar-refractivity contribution in [3.05, 3.63) is 58.8 Å². The molecule has 0 amide bonds. The summed E-state index contributed by atoms with van der Waals surface area (Å²) in [5.74, 6) is 0.555. The van der Waals surface area contributed by atoms with Crippen LogP contribution >= 0.6 is 15.9 Å². The minimum atomic E-state index is 0.129. The van der Waals surface area contributed by atoms with E-state index in [0.29, 0.717) is 5.92 Å². The molecule has 3 aromatic rings. The molecule has 0 radical (unpaired) electrons. The molecule has 0 fully saturated rings. The Bertz CT molecular complexity index is 773. The summed E-state index contributed by atoms with van der Waals surface area (Å²) in [5.41, 5.74) is 2.19. The molecule has 1 unspecified atom stereocenters. The predicted molar refractivity (Wildman–Crippen MR) is 93.3 cm³/mol. The van der Waals surface area contributed by atoms with Crippen LogP contribution in [-0.4, -0.2) is 9.90 Å². The van der Waals surface area contributed by atoms with Crippen molar-refractivity contribution in [2.24, 2.45) is 5.92 Å². The van der Waals surface area contributed by atoms with E-state index in [1.807, 2.05) is 48.5 Å². The molecular formula is C18H18BrNO. The lowest BCUT2D eigenvalue weighted by Gasteiger charge is -2.19. The third kappa shape index (κ3) is 2.51. The Kier molecular flexibility index (Phi) is 4.11. The highest BCUT2D eigenvalue weighted by atomic mass is 79.9. The van der Waals surface area contributed by atoms with Crippen molar-refractivity contribution >= 4 is 37.7 Å². The van der Waals surface area contributed by atoms with Crippen LogP contribution in [0.1, 0.15) is 13.3 Å². The number of para-hydroxylation sites is 2. The second kappa shape index (κ2) is 6.02. The van der Waals surface area contributed by atoms with E-state index >= 15 is 0 Å². The minimum absolute atomic E-state index is 0.129. The number of benzene rings is 2. The quantitative estimate of drug-likeness (QED) is 0.502. The Morgan fingerprint density at radius 1 is 1.00 bits per heavy atom. The number of nitrogens with zero attached hydrogens (tertiary/aromatic N) is 1. The van der Waals surface area contributed by atoms with E-state index in [1.54, 1.807) is 0 Å². The molecule has 0 aliphatic heterocycles. The molecule has 0 aliphatic rings. The lowest BCUT2D eigenvalue weighted by atomic mass is 10.1. The van der Waals surface area contributed by atoms with Gasteiger partial charge in [0.15, 0.2) is 5.43 Å². The summed E-state index contributed by atoms with van der Waals surface area (Å²) in [6.07, 6.45) is 1.11. The lowest BCUT2D eigenvalue weighted by Crippen LogP contribution is -2.16. The van der Waals surface area contributed by atoms with Gasteiger partial charge in [-0.05, 0) is 30.2 Å². The number of hydrogen-bond donors (Lipinski definition) is 0. The van der Waals surface area contributed by atoms with Crippen molar-refractivity contribution in [3.8, 4) is 0 Å². The van der Waals surface area contributed by atoms with Gasteiger partial charge in [-0.2, -0.15) is 0 Å². The van der Waals surface area contributed by atoms with E-state index in [9.17, 15) is 4.79 Å². The van der Waals surface area contributed by atoms with E-state index < -0.39 is 0 Å². The largest absolute Gasteiger partial charge is 0.340 e. The topological polar surface area (TPSA) is 22.0 Å².